The fourth-order valence-electron chi connectivity index (χ4n) is 4.00. The first kappa shape index (κ1) is 16.7. The third-order valence-corrected chi connectivity index (χ3v) is 6.49. The van der Waals surface area contributed by atoms with Gasteiger partial charge in [0, 0.05) is 25.5 Å². The normalized spacial score (nSPS) is 22.4. The maximum Gasteiger partial charge on any atom is 0.286 e. The lowest BCUT2D eigenvalue weighted by Gasteiger charge is -2.39. The molecule has 0 saturated carbocycles. The second-order valence-corrected chi connectivity index (χ2v) is 8.03. The van der Waals surface area contributed by atoms with Gasteiger partial charge in [-0.15, -0.1) is 0 Å². The number of benzene rings is 1. The monoisotopic (exact) mass is 377 g/mol. The SMILES string of the molecule is O=C1N=C(N2CCC3(CC2)OCc2ccccc23)S/C1=C\c1cccnc1. The van der Waals surface area contributed by atoms with Gasteiger partial charge in [-0.3, -0.25) is 9.78 Å². The van der Waals surface area contributed by atoms with Crippen LogP contribution in [0.15, 0.2) is 58.7 Å². The largest absolute Gasteiger partial charge is 0.365 e. The first-order valence-corrected chi connectivity index (χ1v) is 9.95. The number of nitrogens with zero attached hydrogens (tertiary/aromatic N) is 3. The highest BCUT2D eigenvalue weighted by Crippen LogP contribution is 2.45. The number of aromatic nitrogens is 1. The van der Waals surface area contributed by atoms with Gasteiger partial charge in [-0.2, -0.15) is 4.99 Å². The van der Waals surface area contributed by atoms with E-state index in [0.717, 1.165) is 36.7 Å². The van der Waals surface area contributed by atoms with Crippen molar-refractivity contribution in [2.45, 2.75) is 25.0 Å². The van der Waals surface area contributed by atoms with Crippen LogP contribution in [0.2, 0.25) is 0 Å². The summed E-state index contributed by atoms with van der Waals surface area (Å²) >= 11 is 1.46. The van der Waals surface area contributed by atoms with Crippen molar-refractivity contribution < 1.29 is 9.53 Å². The fourth-order valence-corrected chi connectivity index (χ4v) is 4.97. The molecular weight excluding hydrogens is 358 g/mol. The molecule has 1 fully saturated rings. The van der Waals surface area contributed by atoms with Crippen LogP contribution in [0.5, 0.6) is 0 Å². The molecule has 1 aromatic heterocycles. The number of hydrogen-bond acceptors (Lipinski definition) is 5. The molecule has 1 spiro atoms. The Morgan fingerprint density at radius 1 is 1.15 bits per heavy atom. The average molecular weight is 377 g/mol. The molecule has 0 unspecified atom stereocenters. The highest BCUT2D eigenvalue weighted by Gasteiger charge is 2.43. The maximum absolute atomic E-state index is 12.3. The topological polar surface area (TPSA) is 54.8 Å². The lowest BCUT2D eigenvalue weighted by Crippen LogP contribution is -2.44. The van der Waals surface area contributed by atoms with Crippen LogP contribution in [0.4, 0.5) is 0 Å². The van der Waals surface area contributed by atoms with Crippen LogP contribution in [0.25, 0.3) is 6.08 Å². The Morgan fingerprint density at radius 2 is 2.00 bits per heavy atom. The molecular formula is C21H19N3O2S. The first-order chi connectivity index (χ1) is 13.2. The maximum atomic E-state index is 12.3. The van der Waals surface area contributed by atoms with Gasteiger partial charge in [0.25, 0.3) is 5.91 Å². The highest BCUT2D eigenvalue weighted by molar-refractivity contribution is 8.18. The molecule has 3 aliphatic heterocycles. The van der Waals surface area contributed by atoms with Crippen LogP contribution in [0, 0.1) is 0 Å². The van der Waals surface area contributed by atoms with Crippen LogP contribution in [0.1, 0.15) is 29.5 Å². The zero-order valence-electron chi connectivity index (χ0n) is 14.8. The molecule has 1 amide bonds. The number of fused-ring (bicyclic) bond motifs is 2. The number of piperidine rings is 1. The molecule has 136 valence electrons. The van der Waals surface area contributed by atoms with Gasteiger partial charge >= 0.3 is 0 Å². The van der Waals surface area contributed by atoms with E-state index < -0.39 is 0 Å². The molecule has 2 aromatic rings. The van der Waals surface area contributed by atoms with Crippen LogP contribution in [-0.2, 0) is 21.7 Å². The van der Waals surface area contributed by atoms with Gasteiger partial charge in [-0.1, -0.05) is 30.3 Å². The summed E-state index contributed by atoms with van der Waals surface area (Å²) in [6.45, 7) is 2.38. The summed E-state index contributed by atoms with van der Waals surface area (Å²) in [5.74, 6) is -0.165. The van der Waals surface area contributed by atoms with Crippen LogP contribution in [0.3, 0.4) is 0 Å². The molecule has 3 aliphatic rings. The third kappa shape index (κ3) is 2.99. The molecule has 0 atom stereocenters. The minimum absolute atomic E-state index is 0.165. The Bertz CT molecular complexity index is 947. The molecule has 6 heteroatoms. The minimum Gasteiger partial charge on any atom is -0.365 e. The summed E-state index contributed by atoms with van der Waals surface area (Å²) in [7, 11) is 0. The summed E-state index contributed by atoms with van der Waals surface area (Å²) in [6.07, 6.45) is 7.16. The number of thioether (sulfide) groups is 1. The van der Waals surface area contributed by atoms with Crippen LogP contribution in [-0.4, -0.2) is 34.0 Å². The number of carbonyl (C=O) groups excluding carboxylic acids is 1. The van der Waals surface area contributed by atoms with E-state index in [1.807, 2.05) is 18.2 Å². The number of likely N-dealkylation sites (tertiary alicyclic amines) is 1. The first-order valence-electron chi connectivity index (χ1n) is 9.13. The van der Waals surface area contributed by atoms with Crippen LogP contribution >= 0.6 is 11.8 Å². The molecule has 1 saturated heterocycles. The molecule has 0 aliphatic carbocycles. The van der Waals surface area contributed by atoms with Gasteiger partial charge in [0.2, 0.25) is 0 Å². The van der Waals surface area contributed by atoms with E-state index in [2.05, 4.69) is 39.1 Å². The second-order valence-electron chi connectivity index (χ2n) is 7.02. The van der Waals surface area contributed by atoms with Crippen molar-refractivity contribution in [3.8, 4) is 0 Å². The van der Waals surface area contributed by atoms with E-state index in [1.54, 1.807) is 12.4 Å². The summed E-state index contributed by atoms with van der Waals surface area (Å²) in [5.41, 5.74) is 3.38. The van der Waals surface area contributed by atoms with Gasteiger partial charge in [-0.05, 0) is 53.4 Å². The molecule has 5 nitrogen and oxygen atoms in total. The quantitative estimate of drug-likeness (QED) is 0.711. The summed E-state index contributed by atoms with van der Waals surface area (Å²) in [4.78, 5) is 23.5. The van der Waals surface area contributed by atoms with E-state index in [-0.39, 0.29) is 11.5 Å². The number of amides is 1. The second kappa shape index (κ2) is 6.62. The third-order valence-electron chi connectivity index (χ3n) is 5.45. The van der Waals surface area contributed by atoms with Crippen molar-refractivity contribution in [1.82, 2.24) is 9.88 Å². The van der Waals surface area contributed by atoms with Crippen molar-refractivity contribution >= 4 is 28.9 Å². The highest BCUT2D eigenvalue weighted by atomic mass is 32.2. The Balaban J connectivity index is 1.29. The standard InChI is InChI=1S/C21H19N3O2S/c25-19-18(12-15-4-3-9-22-13-15)27-20(23-19)24-10-7-21(8-11-24)17-6-2-1-5-16(17)14-26-21/h1-6,9,12-13H,7-8,10-11,14H2/b18-12-. The van der Waals surface area contributed by atoms with E-state index in [4.69, 9.17) is 4.74 Å². The Hall–Kier alpha value is -2.44. The Morgan fingerprint density at radius 3 is 2.81 bits per heavy atom. The molecule has 0 bridgehead atoms. The molecule has 1 aromatic carbocycles. The number of ether oxygens (including phenoxy) is 1. The predicted molar refractivity (Wildman–Crippen MR) is 106 cm³/mol. The number of aliphatic imine (C=N–C) groups is 1. The number of hydrogen-bond donors (Lipinski definition) is 0. The average Bonchev–Trinajstić information content (AvgIpc) is 3.25. The zero-order valence-corrected chi connectivity index (χ0v) is 15.6. The van der Waals surface area contributed by atoms with Crippen molar-refractivity contribution in [2.75, 3.05) is 13.1 Å². The smallest absolute Gasteiger partial charge is 0.286 e. The van der Waals surface area contributed by atoms with Crippen molar-refractivity contribution in [3.05, 3.63) is 70.4 Å². The van der Waals surface area contributed by atoms with Crippen LogP contribution < -0.4 is 0 Å². The molecule has 4 heterocycles. The van der Waals surface area contributed by atoms with Gasteiger partial charge in [0.15, 0.2) is 5.17 Å². The molecule has 0 N–H and O–H groups in total. The predicted octanol–water partition coefficient (Wildman–Crippen LogP) is 3.57. The zero-order chi connectivity index (χ0) is 18.3. The molecule has 5 rings (SSSR count). The van der Waals surface area contributed by atoms with Gasteiger partial charge < -0.3 is 9.64 Å². The van der Waals surface area contributed by atoms with Crippen molar-refractivity contribution in [2.24, 2.45) is 4.99 Å². The minimum atomic E-state index is -0.171. The van der Waals surface area contributed by atoms with Crippen molar-refractivity contribution in [1.29, 1.82) is 0 Å². The van der Waals surface area contributed by atoms with E-state index in [0.29, 0.717) is 11.5 Å². The number of rotatable bonds is 1. The van der Waals surface area contributed by atoms with Crippen molar-refractivity contribution in [3.63, 3.8) is 0 Å². The lowest BCUT2D eigenvalue weighted by atomic mass is 9.84. The number of carbonyl (C=O) groups is 1. The fraction of sp³-hybridized carbons (Fsp3) is 0.286. The van der Waals surface area contributed by atoms with E-state index in [9.17, 15) is 4.79 Å². The Labute approximate surface area is 162 Å². The summed E-state index contributed by atoms with van der Waals surface area (Å²) in [5, 5.41) is 0.802. The number of pyridine rings is 1. The number of amidine groups is 1. The van der Waals surface area contributed by atoms with Gasteiger partial charge in [0.1, 0.15) is 0 Å². The van der Waals surface area contributed by atoms with E-state index in [1.165, 1.54) is 22.9 Å². The van der Waals surface area contributed by atoms with Gasteiger partial charge in [0.05, 0.1) is 17.1 Å². The summed E-state index contributed by atoms with van der Waals surface area (Å²) < 4.78 is 6.23. The molecule has 0 radical (unpaired) electrons. The van der Waals surface area contributed by atoms with Gasteiger partial charge in [-0.25, -0.2) is 0 Å². The van der Waals surface area contributed by atoms with E-state index >= 15 is 0 Å². The molecule has 27 heavy (non-hydrogen) atoms. The lowest BCUT2D eigenvalue weighted by molar-refractivity contribution is -0.113. The summed E-state index contributed by atoms with van der Waals surface area (Å²) in [6, 6.07) is 12.3. The Kier molecular flexibility index (Phi) is 4.10.